The SMILES string of the molecule is CN(CC(=O)Nc1ccc(C(=O)N2CCCCCC2)cc1)Cc1ccccc1. The van der Waals surface area contributed by atoms with Crippen LogP contribution in [0, 0.1) is 0 Å². The molecule has 0 unspecified atom stereocenters. The number of benzene rings is 2. The molecule has 0 bridgehead atoms. The highest BCUT2D eigenvalue weighted by Gasteiger charge is 2.17. The average molecular weight is 380 g/mol. The number of likely N-dealkylation sites (N-methyl/N-ethyl adjacent to an activating group) is 1. The molecular formula is C23H29N3O2. The molecule has 1 aliphatic heterocycles. The molecule has 0 atom stereocenters. The predicted molar refractivity (Wildman–Crippen MR) is 112 cm³/mol. The van der Waals surface area contributed by atoms with Gasteiger partial charge < -0.3 is 10.2 Å². The first-order chi connectivity index (χ1) is 13.6. The maximum absolute atomic E-state index is 12.6. The first-order valence-electron chi connectivity index (χ1n) is 10.0. The molecule has 5 nitrogen and oxygen atoms in total. The number of carbonyl (C=O) groups is 2. The third kappa shape index (κ3) is 5.92. The van der Waals surface area contributed by atoms with Crippen LogP contribution in [0.15, 0.2) is 54.6 Å². The summed E-state index contributed by atoms with van der Waals surface area (Å²) in [4.78, 5) is 28.8. The number of amides is 2. The highest BCUT2D eigenvalue weighted by atomic mass is 16.2. The number of rotatable bonds is 6. The molecule has 0 aliphatic carbocycles. The van der Waals surface area contributed by atoms with Crippen LogP contribution in [0.3, 0.4) is 0 Å². The van der Waals surface area contributed by atoms with Gasteiger partial charge in [-0.05, 0) is 49.7 Å². The van der Waals surface area contributed by atoms with Gasteiger partial charge in [-0.25, -0.2) is 0 Å². The normalized spacial score (nSPS) is 14.6. The molecule has 28 heavy (non-hydrogen) atoms. The fourth-order valence-electron chi connectivity index (χ4n) is 3.55. The van der Waals surface area contributed by atoms with Crippen LogP contribution in [-0.2, 0) is 11.3 Å². The van der Waals surface area contributed by atoms with Gasteiger partial charge in [-0.3, -0.25) is 14.5 Å². The average Bonchev–Trinajstić information content (AvgIpc) is 2.98. The van der Waals surface area contributed by atoms with Gasteiger partial charge in [0, 0.05) is 30.9 Å². The van der Waals surface area contributed by atoms with Crippen LogP contribution in [-0.4, -0.2) is 48.3 Å². The van der Waals surface area contributed by atoms with Crippen LogP contribution < -0.4 is 5.32 Å². The summed E-state index contributed by atoms with van der Waals surface area (Å²) in [6.07, 6.45) is 4.56. The van der Waals surface area contributed by atoms with E-state index in [0.717, 1.165) is 32.5 Å². The first-order valence-corrected chi connectivity index (χ1v) is 10.0. The molecule has 5 heteroatoms. The molecule has 2 amide bonds. The van der Waals surface area contributed by atoms with E-state index in [2.05, 4.69) is 17.4 Å². The van der Waals surface area contributed by atoms with E-state index in [1.165, 1.54) is 18.4 Å². The second kappa shape index (κ2) is 10.0. The van der Waals surface area contributed by atoms with Gasteiger partial charge in [0.25, 0.3) is 5.91 Å². The molecule has 0 radical (unpaired) electrons. The lowest BCUT2D eigenvalue weighted by Gasteiger charge is -2.20. The van der Waals surface area contributed by atoms with Gasteiger partial charge in [-0.2, -0.15) is 0 Å². The van der Waals surface area contributed by atoms with Crippen molar-refractivity contribution in [3.63, 3.8) is 0 Å². The Morgan fingerprint density at radius 3 is 2.21 bits per heavy atom. The van der Waals surface area contributed by atoms with E-state index in [-0.39, 0.29) is 11.8 Å². The number of carbonyl (C=O) groups excluding carboxylic acids is 2. The van der Waals surface area contributed by atoms with E-state index in [1.54, 1.807) is 24.3 Å². The number of anilines is 1. The Morgan fingerprint density at radius 2 is 1.57 bits per heavy atom. The smallest absolute Gasteiger partial charge is 0.253 e. The molecule has 1 N–H and O–H groups in total. The molecule has 2 aromatic carbocycles. The summed E-state index contributed by atoms with van der Waals surface area (Å²) in [5.41, 5.74) is 2.57. The summed E-state index contributed by atoms with van der Waals surface area (Å²) >= 11 is 0. The standard InChI is InChI=1S/C23H29N3O2/c1-25(17-19-9-5-4-6-10-19)18-22(27)24-21-13-11-20(12-14-21)23(28)26-15-7-2-3-8-16-26/h4-6,9-14H,2-3,7-8,15-18H2,1H3,(H,24,27). The molecule has 3 rings (SSSR count). The van der Waals surface area contributed by atoms with Crippen LogP contribution in [0.4, 0.5) is 5.69 Å². The van der Waals surface area contributed by atoms with Crippen molar-refractivity contribution < 1.29 is 9.59 Å². The zero-order chi connectivity index (χ0) is 19.8. The molecule has 0 spiro atoms. The van der Waals surface area contributed by atoms with Gasteiger partial charge >= 0.3 is 0 Å². The summed E-state index contributed by atoms with van der Waals surface area (Å²) in [6.45, 7) is 2.71. The van der Waals surface area contributed by atoms with Gasteiger partial charge in [0.05, 0.1) is 6.54 Å². The topological polar surface area (TPSA) is 52.7 Å². The van der Waals surface area contributed by atoms with Crippen molar-refractivity contribution in [2.75, 3.05) is 32.0 Å². The summed E-state index contributed by atoms with van der Waals surface area (Å²) in [5, 5.41) is 2.91. The number of nitrogens with one attached hydrogen (secondary N) is 1. The van der Waals surface area contributed by atoms with Crippen molar-refractivity contribution >= 4 is 17.5 Å². The highest BCUT2D eigenvalue weighted by Crippen LogP contribution is 2.15. The molecule has 1 fully saturated rings. The van der Waals surface area contributed by atoms with Gasteiger partial charge in [0.2, 0.25) is 5.91 Å². The molecule has 2 aromatic rings. The van der Waals surface area contributed by atoms with Gasteiger partial charge in [-0.1, -0.05) is 43.2 Å². The van der Waals surface area contributed by atoms with E-state index in [1.807, 2.05) is 35.0 Å². The second-order valence-corrected chi connectivity index (χ2v) is 7.49. The van der Waals surface area contributed by atoms with Crippen LogP contribution in [0.2, 0.25) is 0 Å². The fourth-order valence-corrected chi connectivity index (χ4v) is 3.55. The number of hydrogen-bond acceptors (Lipinski definition) is 3. The lowest BCUT2D eigenvalue weighted by atomic mass is 10.1. The molecule has 1 aliphatic rings. The Balaban J connectivity index is 1.50. The van der Waals surface area contributed by atoms with E-state index in [0.29, 0.717) is 17.8 Å². The van der Waals surface area contributed by atoms with E-state index < -0.39 is 0 Å². The van der Waals surface area contributed by atoms with E-state index >= 15 is 0 Å². The Hall–Kier alpha value is -2.66. The van der Waals surface area contributed by atoms with Crippen LogP contribution in [0.1, 0.15) is 41.6 Å². The van der Waals surface area contributed by atoms with Crippen LogP contribution in [0.25, 0.3) is 0 Å². The maximum Gasteiger partial charge on any atom is 0.253 e. The Bertz CT molecular complexity index is 766. The zero-order valence-corrected chi connectivity index (χ0v) is 16.6. The van der Waals surface area contributed by atoms with Crippen LogP contribution in [0.5, 0.6) is 0 Å². The third-order valence-electron chi connectivity index (χ3n) is 5.02. The minimum absolute atomic E-state index is 0.0648. The monoisotopic (exact) mass is 379 g/mol. The van der Waals surface area contributed by atoms with Gasteiger partial charge in [0.15, 0.2) is 0 Å². The first kappa shape index (κ1) is 20.1. The maximum atomic E-state index is 12.6. The summed E-state index contributed by atoms with van der Waals surface area (Å²) in [7, 11) is 1.93. The Morgan fingerprint density at radius 1 is 0.929 bits per heavy atom. The Labute approximate surface area is 167 Å². The largest absolute Gasteiger partial charge is 0.339 e. The molecule has 0 saturated carbocycles. The number of hydrogen-bond donors (Lipinski definition) is 1. The van der Waals surface area contributed by atoms with Gasteiger partial charge in [-0.15, -0.1) is 0 Å². The van der Waals surface area contributed by atoms with Crippen molar-refractivity contribution in [3.8, 4) is 0 Å². The summed E-state index contributed by atoms with van der Waals surface area (Å²) in [5.74, 6) is 0.0207. The number of likely N-dealkylation sites (tertiary alicyclic amines) is 1. The van der Waals surface area contributed by atoms with Gasteiger partial charge in [0.1, 0.15) is 0 Å². The molecule has 148 valence electrons. The quantitative estimate of drug-likeness (QED) is 0.831. The van der Waals surface area contributed by atoms with Crippen molar-refractivity contribution in [1.82, 2.24) is 9.80 Å². The molecule has 1 heterocycles. The lowest BCUT2D eigenvalue weighted by Crippen LogP contribution is -2.32. The minimum Gasteiger partial charge on any atom is -0.339 e. The minimum atomic E-state index is -0.0648. The van der Waals surface area contributed by atoms with Crippen molar-refractivity contribution in [2.24, 2.45) is 0 Å². The van der Waals surface area contributed by atoms with Crippen LogP contribution >= 0.6 is 0 Å². The predicted octanol–water partition coefficient (Wildman–Crippen LogP) is 3.77. The fraction of sp³-hybridized carbons (Fsp3) is 0.391. The molecular weight excluding hydrogens is 350 g/mol. The molecule has 1 saturated heterocycles. The highest BCUT2D eigenvalue weighted by molar-refractivity contribution is 5.96. The van der Waals surface area contributed by atoms with E-state index in [4.69, 9.17) is 0 Å². The number of nitrogens with zero attached hydrogens (tertiary/aromatic N) is 2. The Kier molecular flexibility index (Phi) is 7.20. The lowest BCUT2D eigenvalue weighted by molar-refractivity contribution is -0.117. The van der Waals surface area contributed by atoms with Crippen molar-refractivity contribution in [3.05, 3.63) is 65.7 Å². The van der Waals surface area contributed by atoms with Crippen molar-refractivity contribution in [2.45, 2.75) is 32.2 Å². The zero-order valence-electron chi connectivity index (χ0n) is 16.6. The third-order valence-corrected chi connectivity index (χ3v) is 5.02. The second-order valence-electron chi connectivity index (χ2n) is 7.49. The summed E-state index contributed by atoms with van der Waals surface area (Å²) in [6, 6.07) is 17.3. The summed E-state index contributed by atoms with van der Waals surface area (Å²) < 4.78 is 0. The molecule has 0 aromatic heterocycles. The van der Waals surface area contributed by atoms with E-state index in [9.17, 15) is 9.59 Å². The van der Waals surface area contributed by atoms with Crippen molar-refractivity contribution in [1.29, 1.82) is 0 Å².